The second-order valence-corrected chi connectivity index (χ2v) is 4.78. The minimum absolute atomic E-state index is 0.336. The molecule has 0 radical (unpaired) electrons. The Morgan fingerprint density at radius 1 is 1.32 bits per heavy atom. The number of aromatic nitrogens is 1. The first-order chi connectivity index (χ1) is 9.20. The first-order valence-electron chi connectivity index (χ1n) is 6.19. The van der Waals surface area contributed by atoms with Gasteiger partial charge >= 0.3 is 0 Å². The zero-order chi connectivity index (χ0) is 13.7. The number of pyridine rings is 1. The molecule has 1 heterocycles. The van der Waals surface area contributed by atoms with Gasteiger partial charge < -0.3 is 10.1 Å². The minimum Gasteiger partial charge on any atom is -0.496 e. The lowest BCUT2D eigenvalue weighted by Gasteiger charge is -2.16. The van der Waals surface area contributed by atoms with Crippen molar-refractivity contribution in [3.63, 3.8) is 0 Å². The van der Waals surface area contributed by atoms with Crippen molar-refractivity contribution in [2.45, 2.75) is 12.8 Å². The summed E-state index contributed by atoms with van der Waals surface area (Å²) in [5, 5.41) is 3.85. The number of ether oxygens (including phenoxy) is 1. The monoisotopic (exact) mass is 276 g/mol. The largest absolute Gasteiger partial charge is 0.496 e. The average molecular weight is 277 g/mol. The maximum absolute atomic E-state index is 5.85. The molecule has 4 heteroatoms. The van der Waals surface area contributed by atoms with E-state index in [1.54, 1.807) is 13.3 Å². The van der Waals surface area contributed by atoms with Crippen LogP contribution in [0.25, 0.3) is 0 Å². The Balaban J connectivity index is 2.03. The van der Waals surface area contributed by atoms with Crippen LogP contribution in [0.2, 0.25) is 5.15 Å². The smallest absolute Gasteiger partial charge is 0.131 e. The topological polar surface area (TPSA) is 34.1 Å². The molecule has 0 aliphatic rings. The van der Waals surface area contributed by atoms with E-state index in [1.807, 2.05) is 30.3 Å². The zero-order valence-electron chi connectivity index (χ0n) is 11.1. The fraction of sp³-hybridized carbons (Fsp3) is 0.267. The number of nitrogens with one attached hydrogen (secondary N) is 1. The van der Waals surface area contributed by atoms with E-state index < -0.39 is 0 Å². The number of nitrogens with zero attached hydrogens (tertiary/aromatic N) is 1. The molecule has 1 aromatic carbocycles. The van der Waals surface area contributed by atoms with E-state index in [2.05, 4.69) is 23.3 Å². The maximum Gasteiger partial charge on any atom is 0.131 e. The van der Waals surface area contributed by atoms with Crippen LogP contribution in [0.1, 0.15) is 18.4 Å². The molecule has 0 aliphatic heterocycles. The van der Waals surface area contributed by atoms with Crippen molar-refractivity contribution in [1.82, 2.24) is 4.98 Å². The van der Waals surface area contributed by atoms with Gasteiger partial charge in [0.05, 0.1) is 7.11 Å². The highest BCUT2D eigenvalue weighted by molar-refractivity contribution is 6.29. The number of halogens is 1. The van der Waals surface area contributed by atoms with Crippen LogP contribution in [0, 0.1) is 0 Å². The van der Waals surface area contributed by atoms with Gasteiger partial charge in [0.15, 0.2) is 0 Å². The molecule has 100 valence electrons. The van der Waals surface area contributed by atoms with Crippen LogP contribution in [0.4, 0.5) is 5.69 Å². The molecule has 0 spiro atoms. The highest BCUT2D eigenvalue weighted by atomic mass is 35.5. The van der Waals surface area contributed by atoms with Crippen molar-refractivity contribution in [2.75, 3.05) is 19.0 Å². The summed E-state index contributed by atoms with van der Waals surface area (Å²) in [5.41, 5.74) is 2.17. The quantitative estimate of drug-likeness (QED) is 0.840. The van der Waals surface area contributed by atoms with Gasteiger partial charge in [0.1, 0.15) is 10.9 Å². The molecule has 1 atom stereocenters. The second-order valence-electron chi connectivity index (χ2n) is 4.39. The predicted octanol–water partition coefficient (Wildman–Crippen LogP) is 3.96. The van der Waals surface area contributed by atoms with Crippen molar-refractivity contribution < 1.29 is 4.74 Å². The lowest BCUT2D eigenvalue weighted by molar-refractivity contribution is 0.407. The van der Waals surface area contributed by atoms with Crippen molar-refractivity contribution in [3.05, 3.63) is 53.3 Å². The summed E-state index contributed by atoms with van der Waals surface area (Å²) < 4.78 is 5.38. The molecule has 0 aliphatic carbocycles. The van der Waals surface area contributed by atoms with Crippen LogP contribution >= 0.6 is 11.6 Å². The Kier molecular flexibility index (Phi) is 4.63. The lowest BCUT2D eigenvalue weighted by atomic mass is 10.00. The first-order valence-corrected chi connectivity index (χ1v) is 6.57. The van der Waals surface area contributed by atoms with Crippen LogP contribution in [0.3, 0.4) is 0 Å². The van der Waals surface area contributed by atoms with Gasteiger partial charge in [-0.2, -0.15) is 0 Å². The van der Waals surface area contributed by atoms with E-state index in [1.165, 1.54) is 5.56 Å². The number of methoxy groups -OCH3 is 1. The van der Waals surface area contributed by atoms with Crippen molar-refractivity contribution in [2.24, 2.45) is 0 Å². The van der Waals surface area contributed by atoms with Crippen molar-refractivity contribution in [1.29, 1.82) is 0 Å². The van der Waals surface area contributed by atoms with E-state index in [9.17, 15) is 0 Å². The van der Waals surface area contributed by atoms with E-state index in [0.717, 1.165) is 18.0 Å². The fourth-order valence-corrected chi connectivity index (χ4v) is 2.14. The van der Waals surface area contributed by atoms with E-state index >= 15 is 0 Å². The van der Waals surface area contributed by atoms with Crippen LogP contribution in [0.15, 0.2) is 42.6 Å². The molecule has 1 N–H and O–H groups in total. The number of benzene rings is 1. The lowest BCUT2D eigenvalue weighted by Crippen LogP contribution is -2.10. The van der Waals surface area contributed by atoms with Gasteiger partial charge in [-0.1, -0.05) is 36.7 Å². The van der Waals surface area contributed by atoms with E-state index in [0.29, 0.717) is 11.1 Å². The highest BCUT2D eigenvalue weighted by Gasteiger charge is 2.10. The molecule has 2 rings (SSSR count). The van der Waals surface area contributed by atoms with Gasteiger partial charge in [-0.3, -0.25) is 0 Å². The minimum atomic E-state index is 0.336. The fourth-order valence-electron chi connectivity index (χ4n) is 1.97. The number of hydrogen-bond acceptors (Lipinski definition) is 3. The summed E-state index contributed by atoms with van der Waals surface area (Å²) in [7, 11) is 1.70. The summed E-state index contributed by atoms with van der Waals surface area (Å²) in [4.78, 5) is 3.96. The molecule has 0 fully saturated rings. The molecule has 3 nitrogen and oxygen atoms in total. The molecular weight excluding hydrogens is 260 g/mol. The summed E-state index contributed by atoms with van der Waals surface area (Å²) in [6.07, 6.45) is 1.69. The molecule has 0 bridgehead atoms. The SMILES string of the molecule is COc1ccccc1C(C)CNc1ccnc(Cl)c1. The zero-order valence-corrected chi connectivity index (χ0v) is 11.8. The normalized spacial score (nSPS) is 11.9. The first kappa shape index (κ1) is 13.7. The number of hydrogen-bond donors (Lipinski definition) is 1. The Hall–Kier alpha value is -1.74. The summed E-state index contributed by atoms with van der Waals surface area (Å²) in [6, 6.07) is 11.8. The molecule has 0 saturated carbocycles. The molecule has 19 heavy (non-hydrogen) atoms. The average Bonchev–Trinajstić information content (AvgIpc) is 2.45. The van der Waals surface area contributed by atoms with Gasteiger partial charge in [-0.25, -0.2) is 4.98 Å². The van der Waals surface area contributed by atoms with Crippen molar-refractivity contribution in [3.8, 4) is 5.75 Å². The van der Waals surface area contributed by atoms with Gasteiger partial charge in [0, 0.05) is 24.3 Å². The Morgan fingerprint density at radius 2 is 2.11 bits per heavy atom. The Morgan fingerprint density at radius 3 is 2.84 bits per heavy atom. The van der Waals surface area contributed by atoms with Gasteiger partial charge in [0.2, 0.25) is 0 Å². The summed E-state index contributed by atoms with van der Waals surface area (Å²) in [5.74, 6) is 1.26. The maximum atomic E-state index is 5.85. The summed E-state index contributed by atoms with van der Waals surface area (Å²) in [6.45, 7) is 2.97. The standard InChI is InChI=1S/C15H17ClN2O/c1-11(13-5-3-4-6-14(13)19-2)10-18-12-7-8-17-15(16)9-12/h3-9,11H,10H2,1-2H3,(H,17,18). The summed E-state index contributed by atoms with van der Waals surface area (Å²) >= 11 is 5.85. The predicted molar refractivity (Wildman–Crippen MR) is 79.1 cm³/mol. The third kappa shape index (κ3) is 3.61. The number of rotatable bonds is 5. The van der Waals surface area contributed by atoms with Crippen LogP contribution in [0.5, 0.6) is 5.75 Å². The second kappa shape index (κ2) is 6.43. The Labute approximate surface area is 118 Å². The molecule has 1 unspecified atom stereocenters. The number of para-hydroxylation sites is 1. The molecule has 0 amide bonds. The van der Waals surface area contributed by atoms with E-state index in [4.69, 9.17) is 16.3 Å². The van der Waals surface area contributed by atoms with Gasteiger partial charge in [-0.15, -0.1) is 0 Å². The van der Waals surface area contributed by atoms with Gasteiger partial charge in [-0.05, 0) is 23.8 Å². The van der Waals surface area contributed by atoms with Crippen LogP contribution < -0.4 is 10.1 Å². The van der Waals surface area contributed by atoms with Gasteiger partial charge in [0.25, 0.3) is 0 Å². The third-order valence-corrected chi connectivity index (χ3v) is 3.22. The molecule has 1 aromatic heterocycles. The van der Waals surface area contributed by atoms with Crippen LogP contribution in [-0.4, -0.2) is 18.6 Å². The van der Waals surface area contributed by atoms with Crippen molar-refractivity contribution >= 4 is 17.3 Å². The molecule has 2 aromatic rings. The molecular formula is C15H17ClN2O. The van der Waals surface area contributed by atoms with E-state index in [-0.39, 0.29) is 0 Å². The van der Waals surface area contributed by atoms with Crippen LogP contribution in [-0.2, 0) is 0 Å². The Bertz CT molecular complexity index is 545. The number of anilines is 1. The molecule has 0 saturated heterocycles. The third-order valence-electron chi connectivity index (χ3n) is 3.01. The highest BCUT2D eigenvalue weighted by Crippen LogP contribution is 2.26.